The Morgan fingerprint density at radius 1 is 0.962 bits per heavy atom. The minimum atomic E-state index is -3.49. The Labute approximate surface area is 156 Å². The molecule has 5 heteroatoms. The summed E-state index contributed by atoms with van der Waals surface area (Å²) in [5.41, 5.74) is 2.35. The van der Waals surface area contributed by atoms with Crippen LogP contribution in [0, 0.1) is 11.8 Å². The maximum absolute atomic E-state index is 13.1. The van der Waals surface area contributed by atoms with Gasteiger partial charge in [0, 0.05) is 24.7 Å². The average molecular weight is 371 g/mol. The first-order chi connectivity index (χ1) is 12.4. The SMILES string of the molecule is CC1CNCC(C)[C@H]2[C@@H]1c1cc(S(=O)(=O)c3ccccc3)ccc1N2C. The van der Waals surface area contributed by atoms with E-state index in [1.807, 2.05) is 18.2 Å². The lowest BCUT2D eigenvalue weighted by Crippen LogP contribution is -2.39. The van der Waals surface area contributed by atoms with Crippen LogP contribution in [-0.2, 0) is 9.84 Å². The quantitative estimate of drug-likeness (QED) is 0.881. The summed E-state index contributed by atoms with van der Waals surface area (Å²) >= 11 is 0. The molecule has 4 rings (SSSR count). The average Bonchev–Trinajstić information content (AvgIpc) is 2.85. The maximum Gasteiger partial charge on any atom is 0.206 e. The molecule has 4 nitrogen and oxygen atoms in total. The second kappa shape index (κ2) is 6.39. The molecule has 1 saturated heterocycles. The standard InChI is InChI=1S/C21H26N2O2S/c1-14-12-22-13-15(2)21-20(14)18-11-17(9-10-19(18)23(21)3)26(24,25)16-7-5-4-6-8-16/h4-11,14-15,20-22H,12-13H2,1-3H3/t14?,15?,20-,21-/m0/s1. The number of fused-ring (bicyclic) bond motifs is 3. The van der Waals surface area contributed by atoms with Gasteiger partial charge in [-0.05, 0) is 60.8 Å². The molecule has 0 aromatic heterocycles. The molecular formula is C21H26N2O2S. The Balaban J connectivity index is 1.82. The molecule has 1 fully saturated rings. The highest BCUT2D eigenvalue weighted by atomic mass is 32.2. The molecule has 0 saturated carbocycles. The lowest BCUT2D eigenvalue weighted by Gasteiger charge is -2.32. The van der Waals surface area contributed by atoms with Crippen LogP contribution in [0.4, 0.5) is 5.69 Å². The first kappa shape index (κ1) is 17.6. The summed E-state index contributed by atoms with van der Waals surface area (Å²) in [4.78, 5) is 3.10. The molecule has 2 aliphatic rings. The summed E-state index contributed by atoms with van der Waals surface area (Å²) in [7, 11) is -1.35. The van der Waals surface area contributed by atoms with Gasteiger partial charge in [-0.1, -0.05) is 32.0 Å². The van der Waals surface area contributed by atoms with E-state index in [9.17, 15) is 8.42 Å². The fourth-order valence-corrected chi connectivity index (χ4v) is 6.09. The molecule has 0 amide bonds. The summed E-state index contributed by atoms with van der Waals surface area (Å²) in [6.45, 7) is 6.52. The fourth-order valence-electron chi connectivity index (χ4n) is 4.77. The third-order valence-electron chi connectivity index (χ3n) is 6.05. The Bertz CT molecular complexity index is 911. The Kier molecular flexibility index (Phi) is 4.32. The van der Waals surface area contributed by atoms with Crippen molar-refractivity contribution in [1.29, 1.82) is 0 Å². The monoisotopic (exact) mass is 370 g/mol. The summed E-state index contributed by atoms with van der Waals surface area (Å²) in [6.07, 6.45) is 0. The fraction of sp³-hybridized carbons (Fsp3) is 0.429. The van der Waals surface area contributed by atoms with E-state index in [4.69, 9.17) is 0 Å². The highest BCUT2D eigenvalue weighted by Crippen LogP contribution is 2.48. The van der Waals surface area contributed by atoms with E-state index in [1.54, 1.807) is 30.3 Å². The van der Waals surface area contributed by atoms with E-state index in [-0.39, 0.29) is 0 Å². The predicted molar refractivity (Wildman–Crippen MR) is 104 cm³/mol. The van der Waals surface area contributed by atoms with E-state index >= 15 is 0 Å². The highest BCUT2D eigenvalue weighted by Gasteiger charge is 2.44. The van der Waals surface area contributed by atoms with Crippen LogP contribution in [0.1, 0.15) is 25.3 Å². The molecule has 2 aliphatic heterocycles. The van der Waals surface area contributed by atoms with Crippen LogP contribution in [-0.4, -0.2) is 34.6 Å². The molecule has 0 aliphatic carbocycles. The zero-order chi connectivity index (χ0) is 18.5. The van der Waals surface area contributed by atoms with Crippen molar-refractivity contribution in [3.63, 3.8) is 0 Å². The summed E-state index contributed by atoms with van der Waals surface area (Å²) in [5.74, 6) is 1.32. The van der Waals surface area contributed by atoms with E-state index in [0.717, 1.165) is 13.1 Å². The van der Waals surface area contributed by atoms with E-state index in [0.29, 0.717) is 33.6 Å². The number of likely N-dealkylation sites (N-methyl/N-ethyl adjacent to an activating group) is 1. The van der Waals surface area contributed by atoms with Gasteiger partial charge in [0.2, 0.25) is 9.84 Å². The van der Waals surface area contributed by atoms with E-state index < -0.39 is 9.84 Å². The van der Waals surface area contributed by atoms with Crippen molar-refractivity contribution in [1.82, 2.24) is 5.32 Å². The number of rotatable bonds is 2. The molecule has 0 radical (unpaired) electrons. The third kappa shape index (κ3) is 2.65. The zero-order valence-corrected chi connectivity index (χ0v) is 16.3. The van der Waals surface area contributed by atoms with Crippen LogP contribution in [0.3, 0.4) is 0 Å². The summed E-state index contributed by atoms with van der Waals surface area (Å²) < 4.78 is 26.1. The van der Waals surface area contributed by atoms with Crippen LogP contribution in [0.15, 0.2) is 58.3 Å². The van der Waals surface area contributed by atoms with Crippen molar-refractivity contribution >= 4 is 15.5 Å². The number of hydrogen-bond donors (Lipinski definition) is 1. The number of nitrogens with one attached hydrogen (secondary N) is 1. The minimum Gasteiger partial charge on any atom is -0.370 e. The van der Waals surface area contributed by atoms with Gasteiger partial charge in [-0.15, -0.1) is 0 Å². The summed E-state index contributed by atoms with van der Waals surface area (Å²) in [5, 5.41) is 3.55. The van der Waals surface area contributed by atoms with Crippen molar-refractivity contribution in [3.8, 4) is 0 Å². The number of anilines is 1. The Morgan fingerprint density at radius 2 is 1.65 bits per heavy atom. The largest absolute Gasteiger partial charge is 0.370 e. The van der Waals surface area contributed by atoms with Gasteiger partial charge in [-0.3, -0.25) is 0 Å². The molecule has 138 valence electrons. The molecule has 0 spiro atoms. The lowest BCUT2D eigenvalue weighted by atomic mass is 9.80. The molecular weight excluding hydrogens is 344 g/mol. The van der Waals surface area contributed by atoms with Crippen LogP contribution in [0.2, 0.25) is 0 Å². The zero-order valence-electron chi connectivity index (χ0n) is 15.5. The molecule has 2 unspecified atom stereocenters. The predicted octanol–water partition coefficient (Wildman–Crippen LogP) is 3.30. The van der Waals surface area contributed by atoms with Crippen molar-refractivity contribution in [2.75, 3.05) is 25.0 Å². The second-order valence-electron chi connectivity index (χ2n) is 7.78. The van der Waals surface area contributed by atoms with Crippen molar-refractivity contribution in [3.05, 3.63) is 54.1 Å². The Morgan fingerprint density at radius 3 is 2.38 bits per heavy atom. The number of nitrogens with zero attached hydrogens (tertiary/aromatic N) is 1. The van der Waals surface area contributed by atoms with Crippen molar-refractivity contribution in [2.24, 2.45) is 11.8 Å². The van der Waals surface area contributed by atoms with Crippen LogP contribution in [0.25, 0.3) is 0 Å². The number of benzene rings is 2. The molecule has 4 atom stereocenters. The van der Waals surface area contributed by atoms with Gasteiger partial charge in [0.05, 0.1) is 9.79 Å². The van der Waals surface area contributed by atoms with Crippen LogP contribution in [0.5, 0.6) is 0 Å². The maximum atomic E-state index is 13.1. The number of sulfone groups is 1. The molecule has 2 aromatic rings. The van der Waals surface area contributed by atoms with Gasteiger partial charge in [-0.2, -0.15) is 0 Å². The second-order valence-corrected chi connectivity index (χ2v) is 9.73. The third-order valence-corrected chi connectivity index (χ3v) is 7.81. The van der Waals surface area contributed by atoms with Crippen molar-refractivity contribution in [2.45, 2.75) is 35.6 Å². The smallest absolute Gasteiger partial charge is 0.206 e. The topological polar surface area (TPSA) is 49.4 Å². The minimum absolute atomic E-state index is 0.353. The van der Waals surface area contributed by atoms with Gasteiger partial charge in [0.15, 0.2) is 0 Å². The van der Waals surface area contributed by atoms with Crippen LogP contribution < -0.4 is 10.2 Å². The van der Waals surface area contributed by atoms with Crippen LogP contribution >= 0.6 is 0 Å². The first-order valence-corrected chi connectivity index (χ1v) is 10.8. The van der Waals surface area contributed by atoms with Crippen molar-refractivity contribution < 1.29 is 8.42 Å². The molecule has 2 aromatic carbocycles. The molecule has 1 N–H and O–H groups in total. The first-order valence-electron chi connectivity index (χ1n) is 9.29. The van der Waals surface area contributed by atoms with Gasteiger partial charge >= 0.3 is 0 Å². The molecule has 0 bridgehead atoms. The van der Waals surface area contributed by atoms with Gasteiger partial charge in [0.25, 0.3) is 0 Å². The van der Waals surface area contributed by atoms with Gasteiger partial charge in [-0.25, -0.2) is 8.42 Å². The van der Waals surface area contributed by atoms with Gasteiger partial charge < -0.3 is 10.2 Å². The molecule has 26 heavy (non-hydrogen) atoms. The van der Waals surface area contributed by atoms with E-state index in [1.165, 1.54) is 11.3 Å². The van der Waals surface area contributed by atoms with Gasteiger partial charge in [0.1, 0.15) is 0 Å². The van der Waals surface area contributed by atoms with E-state index in [2.05, 4.69) is 31.1 Å². The highest BCUT2D eigenvalue weighted by molar-refractivity contribution is 7.91. The Hall–Kier alpha value is -1.85. The molecule has 2 heterocycles. The summed E-state index contributed by atoms with van der Waals surface area (Å²) in [6, 6.07) is 14.8. The lowest BCUT2D eigenvalue weighted by molar-refractivity contribution is 0.374. The number of hydrogen-bond acceptors (Lipinski definition) is 4. The normalized spacial score (nSPS) is 28.3.